The van der Waals surface area contributed by atoms with Gasteiger partial charge < -0.3 is 19.8 Å². The molecule has 4 rings (SSSR count). The number of ketones is 1. The number of nitrogens with one attached hydrogen (secondary N) is 2. The van der Waals surface area contributed by atoms with Crippen LogP contribution in [0.25, 0.3) is 0 Å². The number of ether oxygens (including phenoxy) is 1. The van der Waals surface area contributed by atoms with Gasteiger partial charge in [-0.25, -0.2) is 0 Å². The quantitative estimate of drug-likeness (QED) is 0.264. The van der Waals surface area contributed by atoms with E-state index in [0.717, 1.165) is 19.3 Å². The van der Waals surface area contributed by atoms with E-state index in [1.807, 2.05) is 30.3 Å². The maximum absolute atomic E-state index is 13.6. The number of nitrogens with zero attached hydrogens (tertiary/aromatic N) is 1. The first-order valence-corrected chi connectivity index (χ1v) is 13.8. The second-order valence-electron chi connectivity index (χ2n) is 9.13. The topological polar surface area (TPSA) is 104 Å². The van der Waals surface area contributed by atoms with Crippen LogP contribution in [0.3, 0.4) is 0 Å². The molecule has 7 nitrogen and oxygen atoms in total. The summed E-state index contributed by atoms with van der Waals surface area (Å²) in [5, 5.41) is 16.8. The zero-order valence-corrected chi connectivity index (χ0v) is 23.1. The number of aryl methyl sites for hydroxylation is 1. The minimum absolute atomic E-state index is 0.0375. The molecule has 0 saturated carbocycles. The van der Waals surface area contributed by atoms with Gasteiger partial charge >= 0.3 is 0 Å². The fourth-order valence-corrected chi connectivity index (χ4v) is 5.45. The van der Waals surface area contributed by atoms with Crippen LogP contribution >= 0.6 is 11.8 Å². The van der Waals surface area contributed by atoms with E-state index in [1.54, 1.807) is 37.3 Å². The molecule has 8 heteroatoms. The molecule has 0 unspecified atom stereocenters. The smallest absolute Gasteiger partial charge is 0.254 e. The molecular formula is C31H31N3O4S. The summed E-state index contributed by atoms with van der Waals surface area (Å²) in [4.78, 5) is 26.5. The third-order valence-corrected chi connectivity index (χ3v) is 7.53. The number of hydrogen-bond acceptors (Lipinski definition) is 7. The zero-order chi connectivity index (χ0) is 27.8. The highest BCUT2D eigenvalue weighted by Crippen LogP contribution is 2.41. The van der Waals surface area contributed by atoms with Gasteiger partial charge in [0.2, 0.25) is 0 Å². The Morgan fingerprint density at radius 2 is 1.90 bits per heavy atom. The average molecular weight is 542 g/mol. The van der Waals surface area contributed by atoms with Gasteiger partial charge in [-0.3, -0.25) is 9.59 Å². The number of allylic oxidation sites excluding steroid dienone is 2. The highest BCUT2D eigenvalue weighted by molar-refractivity contribution is 8.03. The predicted molar refractivity (Wildman–Crippen MR) is 153 cm³/mol. The van der Waals surface area contributed by atoms with Crippen LogP contribution in [0.1, 0.15) is 54.3 Å². The van der Waals surface area contributed by atoms with E-state index in [2.05, 4.69) is 23.6 Å². The van der Waals surface area contributed by atoms with Crippen LogP contribution in [0.2, 0.25) is 0 Å². The third-order valence-electron chi connectivity index (χ3n) is 6.52. The lowest BCUT2D eigenvalue weighted by atomic mass is 9.85. The zero-order valence-electron chi connectivity index (χ0n) is 22.2. The summed E-state index contributed by atoms with van der Waals surface area (Å²) >= 11 is 1.25. The van der Waals surface area contributed by atoms with Crippen molar-refractivity contribution in [2.45, 2.75) is 39.0 Å². The van der Waals surface area contributed by atoms with Gasteiger partial charge in [0.25, 0.3) is 5.91 Å². The van der Waals surface area contributed by atoms with Gasteiger partial charge in [-0.2, -0.15) is 5.26 Å². The Hall–Kier alpha value is -4.22. The Kier molecular flexibility index (Phi) is 9.29. The molecule has 1 amide bonds. The second kappa shape index (κ2) is 13.0. The van der Waals surface area contributed by atoms with Crippen molar-refractivity contribution in [2.75, 3.05) is 18.2 Å². The molecule has 0 fully saturated rings. The maximum Gasteiger partial charge on any atom is 0.254 e. The number of unbranched alkanes of at least 4 members (excludes halogenated alkanes) is 1. The lowest BCUT2D eigenvalue weighted by molar-refractivity contribution is -0.113. The van der Waals surface area contributed by atoms with Crippen LogP contribution in [-0.2, 0) is 11.2 Å². The molecular weight excluding hydrogens is 510 g/mol. The normalized spacial score (nSPS) is 15.0. The number of carbonyl (C=O) groups is 2. The molecule has 2 aromatic carbocycles. The molecule has 1 aliphatic rings. The van der Waals surface area contributed by atoms with Crippen molar-refractivity contribution in [1.82, 2.24) is 5.32 Å². The van der Waals surface area contributed by atoms with Crippen LogP contribution < -0.4 is 15.4 Å². The van der Waals surface area contributed by atoms with E-state index in [4.69, 9.17) is 9.15 Å². The van der Waals surface area contributed by atoms with Crippen molar-refractivity contribution in [3.8, 4) is 11.8 Å². The Morgan fingerprint density at radius 1 is 1.13 bits per heavy atom. The van der Waals surface area contributed by atoms with Crippen LogP contribution in [0, 0.1) is 11.3 Å². The van der Waals surface area contributed by atoms with Gasteiger partial charge in [0, 0.05) is 11.3 Å². The number of dihydropyridines is 1. The molecule has 0 spiro atoms. The first-order valence-electron chi connectivity index (χ1n) is 12.8. The highest BCUT2D eigenvalue weighted by Gasteiger charge is 2.36. The van der Waals surface area contributed by atoms with E-state index in [0.29, 0.717) is 44.6 Å². The number of anilines is 1. The minimum atomic E-state index is -0.739. The molecule has 39 heavy (non-hydrogen) atoms. The molecule has 200 valence electrons. The summed E-state index contributed by atoms with van der Waals surface area (Å²) in [6, 6.07) is 20.6. The molecule has 3 aromatic rings. The van der Waals surface area contributed by atoms with E-state index in [-0.39, 0.29) is 17.4 Å². The molecule has 1 aromatic heterocycles. The molecule has 0 bridgehead atoms. The van der Waals surface area contributed by atoms with Crippen LogP contribution in [-0.4, -0.2) is 24.6 Å². The number of methoxy groups -OCH3 is 1. The van der Waals surface area contributed by atoms with Crippen molar-refractivity contribution >= 4 is 29.1 Å². The number of benzene rings is 2. The average Bonchev–Trinajstić information content (AvgIpc) is 3.49. The van der Waals surface area contributed by atoms with Crippen LogP contribution in [0.15, 0.2) is 93.2 Å². The SMILES string of the molecule is CCCCc1ccc(C(=O)CSC2=C(C#N)[C@@H](c3ccco3)C(C(=O)Nc3ccccc3OC)=C(C)N2)cc1. The van der Waals surface area contributed by atoms with E-state index < -0.39 is 5.92 Å². The fourth-order valence-electron chi connectivity index (χ4n) is 4.46. The first-order chi connectivity index (χ1) is 19.0. The summed E-state index contributed by atoms with van der Waals surface area (Å²) in [6.07, 6.45) is 4.74. The number of furan rings is 1. The van der Waals surface area contributed by atoms with Gasteiger partial charge in [-0.05, 0) is 49.6 Å². The monoisotopic (exact) mass is 541 g/mol. The maximum atomic E-state index is 13.6. The van der Waals surface area contributed by atoms with Gasteiger partial charge in [0.15, 0.2) is 5.78 Å². The number of hydrogen-bond donors (Lipinski definition) is 2. The summed E-state index contributed by atoms with van der Waals surface area (Å²) in [5.74, 6) is -0.0397. The first kappa shape index (κ1) is 27.8. The highest BCUT2D eigenvalue weighted by atomic mass is 32.2. The van der Waals surface area contributed by atoms with Gasteiger partial charge in [-0.15, -0.1) is 0 Å². The Morgan fingerprint density at radius 3 is 2.56 bits per heavy atom. The van der Waals surface area contributed by atoms with Gasteiger partial charge in [0.05, 0.1) is 53.0 Å². The van der Waals surface area contributed by atoms with E-state index >= 15 is 0 Å². The predicted octanol–water partition coefficient (Wildman–Crippen LogP) is 6.58. The summed E-state index contributed by atoms with van der Waals surface area (Å²) in [6.45, 7) is 3.93. The fraction of sp³-hybridized carbons (Fsp3) is 0.258. The molecule has 0 aliphatic carbocycles. The standard InChI is InChI=1S/C31H31N3O4S/c1-4-5-9-21-13-15-22(16-14-21)25(35)19-39-31-23(18-32)29(27-12-8-17-38-27)28(20(2)33-31)30(36)34-24-10-6-7-11-26(24)37-3/h6-8,10-17,29,33H,4-5,9,19H2,1-3H3,(H,34,36)/t29-/m0/s1. The molecule has 0 radical (unpaired) electrons. The number of rotatable bonds is 11. The van der Waals surface area contributed by atoms with E-state index in [9.17, 15) is 14.9 Å². The molecule has 2 heterocycles. The van der Waals surface area contributed by atoms with Crippen molar-refractivity contribution in [2.24, 2.45) is 0 Å². The summed E-state index contributed by atoms with van der Waals surface area (Å²) in [7, 11) is 1.53. The number of thioether (sulfide) groups is 1. The number of carbonyl (C=O) groups excluding carboxylic acids is 2. The second-order valence-corrected chi connectivity index (χ2v) is 10.1. The Labute approximate surface area is 232 Å². The number of amides is 1. The molecule has 0 saturated heterocycles. The molecule has 2 N–H and O–H groups in total. The lowest BCUT2D eigenvalue weighted by Crippen LogP contribution is -2.30. The number of nitriles is 1. The third kappa shape index (κ3) is 6.44. The Balaban J connectivity index is 1.58. The summed E-state index contributed by atoms with van der Waals surface area (Å²) < 4.78 is 11.1. The molecule has 1 atom stereocenters. The van der Waals surface area contributed by atoms with E-state index in [1.165, 1.54) is 30.7 Å². The minimum Gasteiger partial charge on any atom is -0.495 e. The number of para-hydroxylation sites is 2. The number of Topliss-reactive ketones (excluding diaryl/α,β-unsaturated/α-hetero) is 1. The van der Waals surface area contributed by atoms with Crippen LogP contribution in [0.5, 0.6) is 5.75 Å². The van der Waals surface area contributed by atoms with Crippen molar-refractivity contribution in [3.05, 3.63) is 106 Å². The van der Waals surface area contributed by atoms with Crippen molar-refractivity contribution in [3.63, 3.8) is 0 Å². The Bertz CT molecular complexity index is 1430. The largest absolute Gasteiger partial charge is 0.495 e. The summed E-state index contributed by atoms with van der Waals surface area (Å²) in [5.41, 5.74) is 3.59. The lowest BCUT2D eigenvalue weighted by Gasteiger charge is -2.28. The van der Waals surface area contributed by atoms with Crippen molar-refractivity contribution < 1.29 is 18.7 Å². The van der Waals surface area contributed by atoms with Crippen LogP contribution in [0.4, 0.5) is 5.69 Å². The van der Waals surface area contributed by atoms with Gasteiger partial charge in [-0.1, -0.05) is 61.5 Å². The van der Waals surface area contributed by atoms with Gasteiger partial charge in [0.1, 0.15) is 11.5 Å². The van der Waals surface area contributed by atoms with Crippen molar-refractivity contribution in [1.29, 1.82) is 5.26 Å². The molecule has 1 aliphatic heterocycles.